The van der Waals surface area contributed by atoms with E-state index >= 15 is 4.39 Å². The first-order chi connectivity index (χ1) is 16.2. The topological polar surface area (TPSA) is 3.88 Å². The minimum absolute atomic E-state index is 0.632. The first-order valence-electron chi connectivity index (χ1n) is 11.2. The molecule has 0 unspecified atom stereocenters. The lowest BCUT2D eigenvalue weighted by Gasteiger charge is -2.15. The third-order valence-electron chi connectivity index (χ3n) is 5.93. The molecule has 0 bridgehead atoms. The van der Waals surface area contributed by atoms with E-state index in [0.29, 0.717) is 5.56 Å². The first-order valence-corrected chi connectivity index (χ1v) is 11.2. The fraction of sp³-hybridized carbons (Fsp3) is 0.0645. The van der Waals surface area contributed by atoms with Gasteiger partial charge >= 0.3 is 6.30 Å². The molecule has 0 saturated heterocycles. The Morgan fingerprint density at radius 1 is 0.515 bits per heavy atom. The maximum atomic E-state index is 16.4. The van der Waals surface area contributed by atoms with Crippen molar-refractivity contribution in [2.75, 3.05) is 0 Å². The highest BCUT2D eigenvalue weighted by Gasteiger charge is 2.31. The Morgan fingerprint density at radius 2 is 0.939 bits per heavy atom. The number of nitrogens with zero attached hydrogens (tertiary/aromatic N) is 1. The number of aromatic nitrogens is 1. The summed E-state index contributed by atoms with van der Waals surface area (Å²) in [6, 6.07) is 42.2. The van der Waals surface area contributed by atoms with Gasteiger partial charge in [-0.25, -0.2) is 0 Å². The molecule has 5 rings (SSSR count). The summed E-state index contributed by atoms with van der Waals surface area (Å²) in [4.78, 5) is 0. The van der Waals surface area contributed by atoms with Crippen molar-refractivity contribution in [3.8, 4) is 33.6 Å². The molecule has 1 aromatic heterocycles. The normalized spacial score (nSPS) is 11.8. The summed E-state index contributed by atoms with van der Waals surface area (Å²) in [5, 5.41) is 0. The number of benzene rings is 4. The van der Waals surface area contributed by atoms with Crippen molar-refractivity contribution in [1.29, 1.82) is 0 Å². The summed E-state index contributed by atoms with van der Waals surface area (Å²) < 4.78 is 18.2. The standard InChI is InChI=1S/C31H25FN/c1-23-17-19-27(20-18-23)31(32)33-29(25-13-7-3-8-14-25)21-28(24-11-5-2-6-12-24)22-30(33)26-15-9-4-10-16-26/h2-22,31H,1H3/q+1/t31-/m0/s1. The number of hydrogen-bond acceptors (Lipinski definition) is 0. The minimum Gasteiger partial charge on any atom is -0.170 e. The molecule has 160 valence electrons. The quantitative estimate of drug-likeness (QED) is 0.250. The Labute approximate surface area is 194 Å². The zero-order chi connectivity index (χ0) is 22.6. The molecule has 1 heterocycles. The van der Waals surface area contributed by atoms with Crippen LogP contribution in [0.5, 0.6) is 0 Å². The predicted octanol–water partition coefficient (Wildman–Crippen LogP) is 7.80. The maximum Gasteiger partial charge on any atom is 0.326 e. The molecule has 2 heteroatoms. The highest BCUT2D eigenvalue weighted by atomic mass is 19.1. The summed E-state index contributed by atoms with van der Waals surface area (Å²) in [6.07, 6.45) is -1.33. The zero-order valence-corrected chi connectivity index (χ0v) is 18.5. The molecule has 4 aromatic carbocycles. The van der Waals surface area contributed by atoms with E-state index < -0.39 is 6.30 Å². The van der Waals surface area contributed by atoms with Crippen LogP contribution in [0.3, 0.4) is 0 Å². The molecule has 0 N–H and O–H groups in total. The molecule has 0 aliphatic rings. The van der Waals surface area contributed by atoms with Gasteiger partial charge in [0.1, 0.15) is 0 Å². The summed E-state index contributed by atoms with van der Waals surface area (Å²) in [6.45, 7) is 2.02. The molecule has 0 saturated carbocycles. The lowest BCUT2D eigenvalue weighted by molar-refractivity contribution is -0.717. The van der Waals surface area contributed by atoms with E-state index in [2.05, 4.69) is 24.3 Å². The van der Waals surface area contributed by atoms with Gasteiger partial charge in [-0.15, -0.1) is 0 Å². The summed E-state index contributed by atoms with van der Waals surface area (Å²) in [5.41, 5.74) is 7.52. The van der Waals surface area contributed by atoms with Crippen molar-refractivity contribution < 1.29 is 8.96 Å². The Morgan fingerprint density at radius 3 is 1.39 bits per heavy atom. The van der Waals surface area contributed by atoms with Gasteiger partial charge in [-0.3, -0.25) is 0 Å². The zero-order valence-electron chi connectivity index (χ0n) is 18.5. The Balaban J connectivity index is 1.82. The largest absolute Gasteiger partial charge is 0.326 e. The van der Waals surface area contributed by atoms with Gasteiger partial charge in [0.05, 0.1) is 5.56 Å². The van der Waals surface area contributed by atoms with Crippen LogP contribution in [0, 0.1) is 6.92 Å². The Bertz CT molecular complexity index is 1280. The monoisotopic (exact) mass is 430 g/mol. The smallest absolute Gasteiger partial charge is 0.170 e. The summed E-state index contributed by atoms with van der Waals surface area (Å²) in [5.74, 6) is 0. The third kappa shape index (κ3) is 4.33. The maximum absolute atomic E-state index is 16.4. The minimum atomic E-state index is -1.33. The van der Waals surface area contributed by atoms with Crippen molar-refractivity contribution in [2.45, 2.75) is 13.2 Å². The van der Waals surface area contributed by atoms with Gasteiger partial charge < -0.3 is 0 Å². The predicted molar refractivity (Wildman–Crippen MR) is 133 cm³/mol. The molecular weight excluding hydrogens is 405 g/mol. The summed E-state index contributed by atoms with van der Waals surface area (Å²) >= 11 is 0. The third-order valence-corrected chi connectivity index (χ3v) is 5.93. The number of aryl methyl sites for hydroxylation is 1. The Hall–Kier alpha value is -4.04. The molecule has 5 aromatic rings. The lowest BCUT2D eigenvalue weighted by Crippen LogP contribution is -2.42. The van der Waals surface area contributed by atoms with Crippen molar-refractivity contribution >= 4 is 0 Å². The van der Waals surface area contributed by atoms with Gasteiger partial charge in [-0.2, -0.15) is 8.96 Å². The second-order valence-corrected chi connectivity index (χ2v) is 8.23. The highest BCUT2D eigenvalue weighted by molar-refractivity contribution is 5.73. The van der Waals surface area contributed by atoms with E-state index in [0.717, 1.165) is 39.2 Å². The van der Waals surface area contributed by atoms with Gasteiger partial charge in [0, 0.05) is 23.3 Å². The van der Waals surface area contributed by atoms with E-state index in [-0.39, 0.29) is 0 Å². The van der Waals surface area contributed by atoms with E-state index in [1.807, 2.05) is 115 Å². The second kappa shape index (κ2) is 9.22. The molecule has 0 radical (unpaired) electrons. The van der Waals surface area contributed by atoms with Crippen LogP contribution in [0.25, 0.3) is 33.6 Å². The molecule has 1 atom stereocenters. The highest BCUT2D eigenvalue weighted by Crippen LogP contribution is 2.32. The van der Waals surface area contributed by atoms with E-state index in [4.69, 9.17) is 0 Å². The molecule has 1 nitrogen and oxygen atoms in total. The van der Waals surface area contributed by atoms with E-state index in [9.17, 15) is 0 Å². The van der Waals surface area contributed by atoms with Crippen LogP contribution in [-0.2, 0) is 0 Å². The van der Waals surface area contributed by atoms with Crippen molar-refractivity contribution in [1.82, 2.24) is 0 Å². The SMILES string of the molecule is Cc1ccc([C@@H](F)[n+]2c(-c3ccccc3)cc(-c3ccccc3)cc2-c2ccccc2)cc1. The van der Waals surface area contributed by atoms with Gasteiger partial charge in [0.25, 0.3) is 0 Å². The molecule has 0 fully saturated rings. The molecule has 33 heavy (non-hydrogen) atoms. The van der Waals surface area contributed by atoms with Gasteiger partial charge in [0.15, 0.2) is 0 Å². The number of halogens is 1. The van der Waals surface area contributed by atoms with Crippen LogP contribution in [0.2, 0.25) is 0 Å². The van der Waals surface area contributed by atoms with E-state index in [1.54, 1.807) is 0 Å². The van der Waals surface area contributed by atoms with Gasteiger partial charge in [0.2, 0.25) is 11.4 Å². The van der Waals surface area contributed by atoms with Gasteiger partial charge in [-0.1, -0.05) is 84.4 Å². The number of hydrogen-bond donors (Lipinski definition) is 0. The molecule has 0 amide bonds. The van der Waals surface area contributed by atoms with Crippen LogP contribution in [0.4, 0.5) is 4.39 Å². The van der Waals surface area contributed by atoms with Crippen molar-refractivity contribution in [2.24, 2.45) is 0 Å². The number of pyridine rings is 1. The average molecular weight is 431 g/mol. The number of rotatable bonds is 5. The van der Waals surface area contributed by atoms with Crippen LogP contribution in [0.15, 0.2) is 127 Å². The second-order valence-electron chi connectivity index (χ2n) is 8.23. The van der Waals surface area contributed by atoms with Crippen LogP contribution < -0.4 is 4.57 Å². The fourth-order valence-electron chi connectivity index (χ4n) is 4.18. The van der Waals surface area contributed by atoms with Crippen LogP contribution in [-0.4, -0.2) is 0 Å². The lowest BCUT2D eigenvalue weighted by atomic mass is 9.98. The fourth-order valence-corrected chi connectivity index (χ4v) is 4.18. The molecule has 0 spiro atoms. The van der Waals surface area contributed by atoms with Crippen molar-refractivity contribution in [3.63, 3.8) is 0 Å². The van der Waals surface area contributed by atoms with Crippen LogP contribution >= 0.6 is 0 Å². The molecule has 0 aliphatic heterocycles. The average Bonchev–Trinajstić information content (AvgIpc) is 2.89. The van der Waals surface area contributed by atoms with E-state index in [1.165, 1.54) is 0 Å². The van der Waals surface area contributed by atoms with Gasteiger partial charge in [-0.05, 0) is 54.4 Å². The van der Waals surface area contributed by atoms with Crippen LogP contribution in [0.1, 0.15) is 17.4 Å². The van der Waals surface area contributed by atoms with Crippen molar-refractivity contribution in [3.05, 3.63) is 139 Å². The molecular formula is C31H25FN+. The first kappa shape index (κ1) is 20.8. The number of alkyl halides is 1. The molecule has 0 aliphatic carbocycles. The summed E-state index contributed by atoms with van der Waals surface area (Å²) in [7, 11) is 0. The Kier molecular flexibility index (Phi) is 5.82.